The number of halogens is 2. The van der Waals surface area contributed by atoms with Gasteiger partial charge in [0.1, 0.15) is 11.2 Å². The van der Waals surface area contributed by atoms with Crippen molar-refractivity contribution in [3.63, 3.8) is 0 Å². The SMILES string of the molecule is NC(=NO)C1(C(=O)Nc2ccc(F)cc2Br)CCOCC1. The highest BCUT2D eigenvalue weighted by molar-refractivity contribution is 9.10. The molecule has 1 aliphatic heterocycles. The number of rotatable bonds is 3. The molecule has 0 saturated carbocycles. The minimum absolute atomic E-state index is 0.151. The van der Waals surface area contributed by atoms with E-state index in [-0.39, 0.29) is 5.84 Å². The lowest BCUT2D eigenvalue weighted by atomic mass is 9.78. The van der Waals surface area contributed by atoms with E-state index in [1.54, 1.807) is 0 Å². The smallest absolute Gasteiger partial charge is 0.238 e. The van der Waals surface area contributed by atoms with E-state index in [4.69, 9.17) is 15.7 Å². The van der Waals surface area contributed by atoms with E-state index in [0.717, 1.165) is 0 Å². The fourth-order valence-corrected chi connectivity index (χ4v) is 2.70. The number of amidine groups is 1. The Hall–Kier alpha value is -1.67. The number of ether oxygens (including phenoxy) is 1. The van der Waals surface area contributed by atoms with Gasteiger partial charge in [0.15, 0.2) is 5.84 Å². The molecule has 1 aromatic carbocycles. The molecule has 6 nitrogen and oxygen atoms in total. The third-order valence-electron chi connectivity index (χ3n) is 3.56. The molecule has 1 amide bonds. The topological polar surface area (TPSA) is 96.9 Å². The molecule has 1 saturated heterocycles. The summed E-state index contributed by atoms with van der Waals surface area (Å²) in [6, 6.07) is 3.92. The van der Waals surface area contributed by atoms with Gasteiger partial charge >= 0.3 is 0 Å². The summed E-state index contributed by atoms with van der Waals surface area (Å²) in [5.74, 6) is -0.980. The molecule has 1 fully saturated rings. The first-order chi connectivity index (χ1) is 9.99. The molecule has 1 aromatic rings. The summed E-state index contributed by atoms with van der Waals surface area (Å²) < 4.78 is 18.7. The van der Waals surface area contributed by atoms with Crippen molar-refractivity contribution in [2.45, 2.75) is 12.8 Å². The van der Waals surface area contributed by atoms with Gasteiger partial charge in [0, 0.05) is 17.7 Å². The van der Waals surface area contributed by atoms with Crippen LogP contribution in [0.3, 0.4) is 0 Å². The second-order valence-electron chi connectivity index (χ2n) is 4.76. The summed E-state index contributed by atoms with van der Waals surface area (Å²) in [6.45, 7) is 0.683. The van der Waals surface area contributed by atoms with E-state index in [1.807, 2.05) is 0 Å². The third kappa shape index (κ3) is 3.16. The number of amides is 1. The van der Waals surface area contributed by atoms with E-state index < -0.39 is 17.1 Å². The number of hydrogen-bond acceptors (Lipinski definition) is 4. The summed E-state index contributed by atoms with van der Waals surface area (Å²) in [5.41, 5.74) is 5.00. The molecule has 0 aliphatic carbocycles. The minimum Gasteiger partial charge on any atom is -0.409 e. The van der Waals surface area contributed by atoms with Crippen LogP contribution in [0.15, 0.2) is 27.8 Å². The molecule has 1 heterocycles. The van der Waals surface area contributed by atoms with Crippen LogP contribution in [0.2, 0.25) is 0 Å². The number of nitrogens with one attached hydrogen (secondary N) is 1. The maximum absolute atomic E-state index is 13.1. The monoisotopic (exact) mass is 359 g/mol. The summed E-state index contributed by atoms with van der Waals surface area (Å²) >= 11 is 3.18. The summed E-state index contributed by atoms with van der Waals surface area (Å²) in [7, 11) is 0. The Morgan fingerprint density at radius 1 is 1.48 bits per heavy atom. The van der Waals surface area contributed by atoms with Gasteiger partial charge in [-0.05, 0) is 47.0 Å². The lowest BCUT2D eigenvalue weighted by Crippen LogP contribution is -2.50. The first-order valence-corrected chi connectivity index (χ1v) is 7.11. The van der Waals surface area contributed by atoms with Gasteiger partial charge in [0.05, 0.1) is 5.69 Å². The zero-order chi connectivity index (χ0) is 15.5. The fourth-order valence-electron chi connectivity index (χ4n) is 2.25. The molecular formula is C13H15BrFN3O3. The highest BCUT2D eigenvalue weighted by Gasteiger charge is 2.44. The highest BCUT2D eigenvalue weighted by atomic mass is 79.9. The second kappa shape index (κ2) is 6.40. The lowest BCUT2D eigenvalue weighted by molar-refractivity contribution is -0.126. The molecule has 114 valence electrons. The Balaban J connectivity index is 2.27. The van der Waals surface area contributed by atoms with Crippen LogP contribution in [-0.4, -0.2) is 30.2 Å². The van der Waals surface area contributed by atoms with E-state index in [0.29, 0.717) is 36.2 Å². The average Bonchev–Trinajstić information content (AvgIpc) is 2.49. The van der Waals surface area contributed by atoms with Crippen LogP contribution in [0.25, 0.3) is 0 Å². The summed E-state index contributed by atoms with van der Waals surface area (Å²) in [5, 5.41) is 14.6. The molecule has 21 heavy (non-hydrogen) atoms. The van der Waals surface area contributed by atoms with Crippen LogP contribution in [0.5, 0.6) is 0 Å². The van der Waals surface area contributed by atoms with E-state index >= 15 is 0 Å². The Kier molecular flexibility index (Phi) is 4.79. The van der Waals surface area contributed by atoms with Gasteiger partial charge in [0.25, 0.3) is 0 Å². The first-order valence-electron chi connectivity index (χ1n) is 6.32. The maximum atomic E-state index is 13.1. The van der Waals surface area contributed by atoms with Crippen molar-refractivity contribution in [3.8, 4) is 0 Å². The molecule has 4 N–H and O–H groups in total. The molecule has 0 spiro atoms. The number of benzene rings is 1. The highest BCUT2D eigenvalue weighted by Crippen LogP contribution is 2.33. The zero-order valence-electron chi connectivity index (χ0n) is 11.1. The third-order valence-corrected chi connectivity index (χ3v) is 4.21. The van der Waals surface area contributed by atoms with Gasteiger partial charge in [-0.1, -0.05) is 5.16 Å². The quantitative estimate of drug-likeness (QED) is 0.333. The van der Waals surface area contributed by atoms with Gasteiger partial charge in [-0.15, -0.1) is 0 Å². The second-order valence-corrected chi connectivity index (χ2v) is 5.61. The molecule has 0 unspecified atom stereocenters. The van der Waals surface area contributed by atoms with Crippen molar-refractivity contribution in [1.29, 1.82) is 0 Å². The predicted octanol–water partition coefficient (Wildman–Crippen LogP) is 2.07. The van der Waals surface area contributed by atoms with Crippen molar-refractivity contribution in [3.05, 3.63) is 28.5 Å². The Labute approximate surface area is 129 Å². The number of oxime groups is 1. The molecular weight excluding hydrogens is 345 g/mol. The summed E-state index contributed by atoms with van der Waals surface area (Å²) in [4.78, 5) is 12.6. The first kappa shape index (κ1) is 15.7. The predicted molar refractivity (Wildman–Crippen MR) is 78.6 cm³/mol. The van der Waals surface area contributed by atoms with Gasteiger partial charge in [-0.3, -0.25) is 4.79 Å². The van der Waals surface area contributed by atoms with Gasteiger partial charge in [-0.2, -0.15) is 0 Å². The van der Waals surface area contributed by atoms with Gasteiger partial charge < -0.3 is 21.0 Å². The Morgan fingerprint density at radius 2 is 2.14 bits per heavy atom. The van der Waals surface area contributed by atoms with Crippen molar-refractivity contribution < 1.29 is 19.1 Å². The van der Waals surface area contributed by atoms with E-state index in [1.165, 1.54) is 18.2 Å². The Bertz CT molecular complexity index is 574. The van der Waals surface area contributed by atoms with Crippen molar-refractivity contribution in [2.24, 2.45) is 16.3 Å². The number of anilines is 1. The van der Waals surface area contributed by atoms with Crippen LogP contribution in [0.1, 0.15) is 12.8 Å². The van der Waals surface area contributed by atoms with Crippen LogP contribution in [-0.2, 0) is 9.53 Å². The van der Waals surface area contributed by atoms with Crippen molar-refractivity contribution in [2.75, 3.05) is 18.5 Å². The number of nitrogens with two attached hydrogens (primary N) is 1. The molecule has 0 radical (unpaired) electrons. The molecule has 8 heteroatoms. The number of nitrogens with zero attached hydrogens (tertiary/aromatic N) is 1. The van der Waals surface area contributed by atoms with Crippen LogP contribution < -0.4 is 11.1 Å². The number of carbonyl (C=O) groups excluding carboxylic acids is 1. The van der Waals surface area contributed by atoms with E-state index in [2.05, 4.69) is 26.4 Å². The van der Waals surface area contributed by atoms with Crippen LogP contribution in [0.4, 0.5) is 10.1 Å². The molecule has 1 aliphatic rings. The lowest BCUT2D eigenvalue weighted by Gasteiger charge is -2.34. The zero-order valence-corrected chi connectivity index (χ0v) is 12.7. The standard InChI is InChI=1S/C13H15BrFN3O3/c14-9-7-8(15)1-2-10(9)17-12(19)13(11(16)18-20)3-5-21-6-4-13/h1-2,7,20H,3-6H2,(H2,16,18)(H,17,19). The largest absolute Gasteiger partial charge is 0.409 e. The van der Waals surface area contributed by atoms with E-state index in [9.17, 15) is 9.18 Å². The molecule has 0 bridgehead atoms. The van der Waals surface area contributed by atoms with Crippen LogP contribution in [0, 0.1) is 11.2 Å². The molecule has 2 rings (SSSR count). The summed E-state index contributed by atoms with van der Waals surface area (Å²) in [6.07, 6.45) is 0.626. The van der Waals surface area contributed by atoms with Gasteiger partial charge in [-0.25, -0.2) is 4.39 Å². The number of carbonyl (C=O) groups is 1. The van der Waals surface area contributed by atoms with Crippen molar-refractivity contribution >= 4 is 33.4 Å². The normalized spacial score (nSPS) is 18.3. The minimum atomic E-state index is -1.12. The number of hydrogen-bond donors (Lipinski definition) is 3. The maximum Gasteiger partial charge on any atom is 0.238 e. The average molecular weight is 360 g/mol. The Morgan fingerprint density at radius 3 is 2.71 bits per heavy atom. The van der Waals surface area contributed by atoms with Gasteiger partial charge in [0.2, 0.25) is 5.91 Å². The van der Waals surface area contributed by atoms with Crippen LogP contribution >= 0.6 is 15.9 Å². The fraction of sp³-hybridized carbons (Fsp3) is 0.385. The molecule has 0 atom stereocenters. The van der Waals surface area contributed by atoms with Crippen molar-refractivity contribution in [1.82, 2.24) is 0 Å². The molecule has 0 aromatic heterocycles.